The van der Waals surface area contributed by atoms with Crippen LogP contribution in [0.1, 0.15) is 5.56 Å². The summed E-state index contributed by atoms with van der Waals surface area (Å²) in [5.41, 5.74) is 2.42. The van der Waals surface area contributed by atoms with E-state index in [0.717, 1.165) is 16.9 Å². The third-order valence-electron chi connectivity index (χ3n) is 4.07. The summed E-state index contributed by atoms with van der Waals surface area (Å²) in [5, 5.41) is 0.620. The van der Waals surface area contributed by atoms with E-state index in [1.165, 1.54) is 11.8 Å². The standard InChI is InChI=1S/C22H17N3O2S/c1-27-20-15-16(12-13-23-20)14-19-21(26)25(18-10-6-3-7-11-18)22(28-19)24-17-8-4-2-5-9-17/h2-15H,1H3/b19-14-,24-22?. The molecule has 6 heteroatoms. The van der Waals surface area contributed by atoms with Gasteiger partial charge in [0.2, 0.25) is 5.88 Å². The average molecular weight is 387 g/mol. The maximum absolute atomic E-state index is 13.2. The second kappa shape index (κ2) is 8.10. The minimum Gasteiger partial charge on any atom is -0.481 e. The van der Waals surface area contributed by atoms with Crippen LogP contribution in [0.2, 0.25) is 0 Å². The van der Waals surface area contributed by atoms with Crippen molar-refractivity contribution < 1.29 is 9.53 Å². The fraction of sp³-hybridized carbons (Fsp3) is 0.0455. The number of thioether (sulfide) groups is 1. The molecule has 0 bridgehead atoms. The van der Waals surface area contributed by atoms with Gasteiger partial charge in [0.25, 0.3) is 5.91 Å². The van der Waals surface area contributed by atoms with Crippen molar-refractivity contribution in [3.05, 3.63) is 89.5 Å². The summed E-state index contributed by atoms with van der Waals surface area (Å²) in [6, 6.07) is 22.8. The number of carbonyl (C=O) groups is 1. The Bertz CT molecular complexity index is 1050. The lowest BCUT2D eigenvalue weighted by atomic mass is 10.2. The summed E-state index contributed by atoms with van der Waals surface area (Å²) < 4.78 is 5.17. The van der Waals surface area contributed by atoms with E-state index in [4.69, 9.17) is 9.73 Å². The molecule has 1 aliphatic heterocycles. The van der Waals surface area contributed by atoms with E-state index in [0.29, 0.717) is 16.0 Å². The normalized spacial score (nSPS) is 16.8. The van der Waals surface area contributed by atoms with E-state index in [9.17, 15) is 4.79 Å². The van der Waals surface area contributed by atoms with Crippen LogP contribution in [0.5, 0.6) is 5.88 Å². The number of benzene rings is 2. The lowest BCUT2D eigenvalue weighted by Crippen LogP contribution is -2.28. The largest absolute Gasteiger partial charge is 0.481 e. The molecule has 3 aromatic rings. The smallest absolute Gasteiger partial charge is 0.271 e. The number of methoxy groups -OCH3 is 1. The van der Waals surface area contributed by atoms with E-state index in [2.05, 4.69) is 4.98 Å². The Balaban J connectivity index is 1.76. The molecule has 0 atom stereocenters. The number of aliphatic imine (C=N–C) groups is 1. The van der Waals surface area contributed by atoms with Crippen LogP contribution >= 0.6 is 11.8 Å². The van der Waals surface area contributed by atoms with Crippen LogP contribution in [-0.2, 0) is 4.79 Å². The fourth-order valence-corrected chi connectivity index (χ4v) is 3.74. The number of hydrogen-bond donors (Lipinski definition) is 0. The number of nitrogens with zero attached hydrogens (tertiary/aromatic N) is 3. The Kier molecular flexibility index (Phi) is 5.21. The van der Waals surface area contributed by atoms with Gasteiger partial charge in [-0.2, -0.15) is 0 Å². The van der Waals surface area contributed by atoms with Crippen molar-refractivity contribution in [2.75, 3.05) is 12.0 Å². The summed E-state index contributed by atoms with van der Waals surface area (Å²) >= 11 is 1.35. The van der Waals surface area contributed by atoms with E-state index in [-0.39, 0.29) is 5.91 Å². The van der Waals surface area contributed by atoms with Gasteiger partial charge in [-0.1, -0.05) is 36.4 Å². The summed E-state index contributed by atoms with van der Waals surface area (Å²) in [4.78, 5) is 24.2. The molecule has 138 valence electrons. The molecule has 0 unspecified atom stereocenters. The van der Waals surface area contributed by atoms with Gasteiger partial charge in [0.1, 0.15) is 0 Å². The lowest BCUT2D eigenvalue weighted by Gasteiger charge is -2.15. The van der Waals surface area contributed by atoms with Crippen LogP contribution < -0.4 is 9.64 Å². The lowest BCUT2D eigenvalue weighted by molar-refractivity contribution is -0.113. The van der Waals surface area contributed by atoms with Gasteiger partial charge in [0.05, 0.1) is 23.4 Å². The highest BCUT2D eigenvalue weighted by Gasteiger charge is 2.34. The Morgan fingerprint density at radius 2 is 1.75 bits per heavy atom. The van der Waals surface area contributed by atoms with E-state index >= 15 is 0 Å². The molecule has 0 N–H and O–H groups in total. The molecule has 0 spiro atoms. The molecular formula is C22H17N3O2S. The monoisotopic (exact) mass is 387 g/mol. The predicted octanol–water partition coefficient (Wildman–Crippen LogP) is 4.90. The zero-order valence-corrected chi connectivity index (χ0v) is 16.0. The van der Waals surface area contributed by atoms with Crippen LogP contribution in [0.4, 0.5) is 11.4 Å². The third kappa shape index (κ3) is 3.82. The first-order valence-electron chi connectivity index (χ1n) is 8.67. The summed E-state index contributed by atoms with van der Waals surface area (Å²) in [6.45, 7) is 0. The fourth-order valence-electron chi connectivity index (χ4n) is 2.74. The number of hydrogen-bond acceptors (Lipinski definition) is 5. The van der Waals surface area contributed by atoms with Gasteiger partial charge in [-0.25, -0.2) is 9.98 Å². The van der Waals surface area contributed by atoms with Crippen molar-refractivity contribution >= 4 is 40.3 Å². The molecule has 2 heterocycles. The first-order chi connectivity index (χ1) is 13.7. The highest BCUT2D eigenvalue weighted by Crippen LogP contribution is 2.37. The minimum absolute atomic E-state index is 0.110. The number of rotatable bonds is 4. The summed E-state index contributed by atoms with van der Waals surface area (Å²) in [7, 11) is 1.57. The molecule has 1 aromatic heterocycles. The average Bonchev–Trinajstić information content (AvgIpc) is 3.04. The third-order valence-corrected chi connectivity index (χ3v) is 5.04. The van der Waals surface area contributed by atoms with Crippen LogP contribution in [0.3, 0.4) is 0 Å². The van der Waals surface area contributed by atoms with E-state index in [1.807, 2.05) is 72.8 Å². The number of para-hydroxylation sites is 2. The van der Waals surface area contributed by atoms with Crippen molar-refractivity contribution in [1.29, 1.82) is 0 Å². The van der Waals surface area contributed by atoms with Crippen LogP contribution in [-0.4, -0.2) is 23.2 Å². The topological polar surface area (TPSA) is 54.8 Å². The van der Waals surface area contributed by atoms with Crippen LogP contribution in [0.15, 0.2) is 88.9 Å². The SMILES string of the molecule is COc1cc(/C=C2\SC(=Nc3ccccc3)N(c3ccccc3)C2=O)ccn1. The zero-order chi connectivity index (χ0) is 19.3. The number of amides is 1. The number of amidine groups is 1. The van der Waals surface area contributed by atoms with Crippen LogP contribution in [0, 0.1) is 0 Å². The van der Waals surface area contributed by atoms with Crippen molar-refractivity contribution in [3.63, 3.8) is 0 Å². The number of ether oxygens (including phenoxy) is 1. The van der Waals surface area contributed by atoms with Crippen LogP contribution in [0.25, 0.3) is 6.08 Å². The molecule has 1 amide bonds. The van der Waals surface area contributed by atoms with Gasteiger partial charge >= 0.3 is 0 Å². The quantitative estimate of drug-likeness (QED) is 0.598. The van der Waals surface area contributed by atoms with Gasteiger partial charge in [0, 0.05) is 12.3 Å². The Labute approximate surface area is 167 Å². The molecule has 0 radical (unpaired) electrons. The molecule has 2 aromatic carbocycles. The second-order valence-corrected chi connectivity index (χ2v) is 6.96. The molecule has 1 aliphatic rings. The number of aromatic nitrogens is 1. The van der Waals surface area contributed by atoms with Crippen molar-refractivity contribution in [1.82, 2.24) is 4.98 Å². The van der Waals surface area contributed by atoms with Gasteiger partial charge in [-0.05, 0) is 53.7 Å². The van der Waals surface area contributed by atoms with E-state index < -0.39 is 0 Å². The first-order valence-corrected chi connectivity index (χ1v) is 9.49. The predicted molar refractivity (Wildman–Crippen MR) is 114 cm³/mol. The molecule has 28 heavy (non-hydrogen) atoms. The van der Waals surface area contributed by atoms with Gasteiger partial charge in [0.15, 0.2) is 5.17 Å². The molecule has 0 saturated carbocycles. The Morgan fingerprint density at radius 3 is 2.46 bits per heavy atom. The highest BCUT2D eigenvalue weighted by molar-refractivity contribution is 8.19. The van der Waals surface area contributed by atoms with Gasteiger partial charge in [-0.15, -0.1) is 0 Å². The first kappa shape index (κ1) is 18.0. The van der Waals surface area contributed by atoms with Crippen molar-refractivity contribution in [2.45, 2.75) is 0 Å². The van der Waals surface area contributed by atoms with Crippen molar-refractivity contribution in [2.24, 2.45) is 4.99 Å². The number of pyridine rings is 1. The van der Waals surface area contributed by atoms with Gasteiger partial charge in [-0.3, -0.25) is 9.69 Å². The molecule has 0 aliphatic carbocycles. The minimum atomic E-state index is -0.110. The number of anilines is 1. The maximum Gasteiger partial charge on any atom is 0.271 e. The molecule has 1 saturated heterocycles. The summed E-state index contributed by atoms with van der Waals surface area (Å²) in [5.74, 6) is 0.393. The van der Waals surface area contributed by atoms with Crippen molar-refractivity contribution in [3.8, 4) is 5.88 Å². The Morgan fingerprint density at radius 1 is 1.04 bits per heavy atom. The maximum atomic E-state index is 13.2. The molecule has 1 fully saturated rings. The highest BCUT2D eigenvalue weighted by atomic mass is 32.2. The summed E-state index contributed by atoms with van der Waals surface area (Å²) in [6.07, 6.45) is 3.49. The molecular weight excluding hydrogens is 370 g/mol. The second-order valence-electron chi connectivity index (χ2n) is 5.95. The molecule has 4 rings (SSSR count). The van der Waals surface area contributed by atoms with E-state index in [1.54, 1.807) is 24.3 Å². The zero-order valence-electron chi connectivity index (χ0n) is 15.1. The Hall–Kier alpha value is -3.38. The van der Waals surface area contributed by atoms with Gasteiger partial charge < -0.3 is 4.74 Å². The molecule has 5 nitrogen and oxygen atoms in total. The number of carbonyl (C=O) groups excluding carboxylic acids is 1.